The van der Waals surface area contributed by atoms with Crippen molar-refractivity contribution in [3.8, 4) is 0 Å². The van der Waals surface area contributed by atoms with E-state index in [1.165, 1.54) is 11.1 Å². The molecule has 2 nitrogen and oxygen atoms in total. The molecule has 1 aromatic rings. The van der Waals surface area contributed by atoms with Crippen LogP contribution in [-0.4, -0.2) is 10.2 Å². The number of aryl methyl sites for hydroxylation is 1. The van der Waals surface area contributed by atoms with Gasteiger partial charge in [0.05, 0.1) is 6.20 Å². The molecule has 0 unspecified atom stereocenters. The van der Waals surface area contributed by atoms with Crippen molar-refractivity contribution in [2.75, 3.05) is 0 Å². The van der Waals surface area contributed by atoms with Crippen molar-refractivity contribution in [1.29, 1.82) is 0 Å². The minimum Gasteiger partial charge on any atom is -0.158 e. The summed E-state index contributed by atoms with van der Waals surface area (Å²) in [5, 5.41) is 7.43. The van der Waals surface area contributed by atoms with Crippen LogP contribution in [0, 0.1) is 6.20 Å². The lowest BCUT2D eigenvalue weighted by Gasteiger charge is -2.05. The van der Waals surface area contributed by atoms with Crippen LogP contribution in [0.5, 0.6) is 0 Å². The van der Waals surface area contributed by atoms with Gasteiger partial charge < -0.3 is 0 Å². The van der Waals surface area contributed by atoms with Gasteiger partial charge in [0.25, 0.3) is 0 Å². The summed E-state index contributed by atoms with van der Waals surface area (Å²) in [7, 11) is 0. The predicted octanol–water partition coefficient (Wildman–Crippen LogP) is 1.24. The molecule has 0 saturated heterocycles. The molecule has 0 bridgehead atoms. The fourth-order valence-corrected chi connectivity index (χ4v) is 1.10. The van der Waals surface area contributed by atoms with Crippen LogP contribution in [0.2, 0.25) is 0 Å². The highest BCUT2D eigenvalue weighted by atomic mass is 15.1. The smallest absolute Gasteiger partial charge is 0.117 e. The molecule has 1 aliphatic carbocycles. The molecular weight excluding hydrogens is 124 g/mol. The Bertz CT molecular complexity index is 266. The molecule has 2 heteroatoms. The van der Waals surface area contributed by atoms with E-state index in [0.29, 0.717) is 0 Å². The van der Waals surface area contributed by atoms with Crippen LogP contribution in [-0.2, 0) is 6.42 Å². The van der Waals surface area contributed by atoms with Gasteiger partial charge in [0, 0.05) is 0 Å². The van der Waals surface area contributed by atoms with Gasteiger partial charge >= 0.3 is 0 Å². The molecule has 1 radical (unpaired) electrons. The second-order valence-corrected chi connectivity index (χ2v) is 2.33. The number of allylic oxidation sites excluding steroid dienone is 1. The van der Waals surface area contributed by atoms with Gasteiger partial charge in [-0.2, -0.15) is 5.10 Å². The number of hydrogen-bond acceptors (Lipinski definition) is 2. The molecule has 0 saturated carbocycles. The summed E-state index contributed by atoms with van der Waals surface area (Å²) in [6.07, 6.45) is 11.0. The molecule has 1 aliphatic rings. The molecule has 1 aromatic heterocycles. The Hall–Kier alpha value is -1.18. The summed E-state index contributed by atoms with van der Waals surface area (Å²) in [6, 6.07) is 0. The third-order valence-electron chi connectivity index (χ3n) is 1.65. The van der Waals surface area contributed by atoms with Gasteiger partial charge in [0.1, 0.15) is 6.20 Å². The van der Waals surface area contributed by atoms with Crippen molar-refractivity contribution in [3.63, 3.8) is 0 Å². The van der Waals surface area contributed by atoms with E-state index < -0.39 is 0 Å². The first-order valence-corrected chi connectivity index (χ1v) is 3.35. The predicted molar refractivity (Wildman–Crippen MR) is 38.2 cm³/mol. The quantitative estimate of drug-likeness (QED) is 0.529. The average Bonchev–Trinajstić information content (AvgIpc) is 2.05. The maximum atomic E-state index is 3.74. The molecule has 0 amide bonds. The number of fused-ring (bicyclic) bond motifs is 1. The van der Waals surface area contributed by atoms with Crippen LogP contribution in [0.3, 0.4) is 0 Å². The van der Waals surface area contributed by atoms with Gasteiger partial charge in [-0.05, 0) is 24.0 Å². The van der Waals surface area contributed by atoms with E-state index in [-0.39, 0.29) is 0 Å². The largest absolute Gasteiger partial charge is 0.158 e. The molecule has 0 spiro atoms. The van der Waals surface area contributed by atoms with Crippen LogP contribution < -0.4 is 0 Å². The van der Waals surface area contributed by atoms with Gasteiger partial charge in [-0.15, -0.1) is 5.10 Å². The third kappa shape index (κ3) is 0.817. The molecule has 2 rings (SSSR count). The molecule has 10 heavy (non-hydrogen) atoms. The van der Waals surface area contributed by atoms with Crippen molar-refractivity contribution < 1.29 is 0 Å². The summed E-state index contributed by atoms with van der Waals surface area (Å²) < 4.78 is 0. The standard InChI is InChI=1S/C8H7N2/c1-2-4-8-6-10-9-5-7(8)3-1/h1,3,5H,2,4H2. The monoisotopic (exact) mass is 131 g/mol. The lowest BCUT2D eigenvalue weighted by atomic mass is 10.0. The Balaban J connectivity index is 2.54. The third-order valence-corrected chi connectivity index (χ3v) is 1.65. The second-order valence-electron chi connectivity index (χ2n) is 2.33. The van der Waals surface area contributed by atoms with Crippen molar-refractivity contribution in [3.05, 3.63) is 29.6 Å². The van der Waals surface area contributed by atoms with Crippen LogP contribution in [0.25, 0.3) is 6.08 Å². The lowest BCUT2D eigenvalue weighted by molar-refractivity contribution is 0.917. The lowest BCUT2D eigenvalue weighted by Crippen LogP contribution is -1.96. The second kappa shape index (κ2) is 2.21. The topological polar surface area (TPSA) is 25.8 Å². The maximum absolute atomic E-state index is 3.74. The van der Waals surface area contributed by atoms with E-state index in [4.69, 9.17) is 0 Å². The van der Waals surface area contributed by atoms with Gasteiger partial charge in [0.2, 0.25) is 0 Å². The highest BCUT2D eigenvalue weighted by molar-refractivity contribution is 5.53. The molecule has 0 fully saturated rings. The highest BCUT2D eigenvalue weighted by Gasteiger charge is 2.02. The van der Waals surface area contributed by atoms with E-state index in [1.54, 1.807) is 6.20 Å². The molecule has 0 N–H and O–H groups in total. The van der Waals surface area contributed by atoms with E-state index in [2.05, 4.69) is 28.5 Å². The van der Waals surface area contributed by atoms with Crippen molar-refractivity contribution >= 4 is 6.08 Å². The van der Waals surface area contributed by atoms with Gasteiger partial charge in [-0.1, -0.05) is 12.2 Å². The Labute approximate surface area is 59.6 Å². The SMILES string of the molecule is [c]1nncc2c1CCC=C2. The molecular formula is C8H7N2. The first kappa shape index (κ1) is 5.59. The van der Waals surface area contributed by atoms with Crippen molar-refractivity contribution in [2.45, 2.75) is 12.8 Å². The summed E-state index contributed by atoms with van der Waals surface area (Å²) >= 11 is 0. The minimum absolute atomic E-state index is 1.06. The van der Waals surface area contributed by atoms with Crippen LogP contribution in [0.4, 0.5) is 0 Å². The van der Waals surface area contributed by atoms with Gasteiger partial charge in [-0.25, -0.2) is 0 Å². The maximum Gasteiger partial charge on any atom is 0.117 e. The molecule has 0 atom stereocenters. The van der Waals surface area contributed by atoms with Crippen molar-refractivity contribution in [1.82, 2.24) is 10.2 Å². The summed E-state index contributed by atoms with van der Waals surface area (Å²) in [5.74, 6) is 0. The molecule has 1 heterocycles. The van der Waals surface area contributed by atoms with Gasteiger partial charge in [0.15, 0.2) is 0 Å². The van der Waals surface area contributed by atoms with Crippen LogP contribution in [0.1, 0.15) is 17.5 Å². The molecule has 0 aliphatic heterocycles. The van der Waals surface area contributed by atoms with E-state index in [1.807, 2.05) is 0 Å². The number of nitrogens with zero attached hydrogens (tertiary/aromatic N) is 2. The zero-order valence-corrected chi connectivity index (χ0v) is 5.54. The van der Waals surface area contributed by atoms with Crippen molar-refractivity contribution in [2.24, 2.45) is 0 Å². The Morgan fingerprint density at radius 3 is 3.40 bits per heavy atom. The Morgan fingerprint density at radius 2 is 2.50 bits per heavy atom. The van der Waals surface area contributed by atoms with E-state index >= 15 is 0 Å². The summed E-state index contributed by atoms with van der Waals surface area (Å²) in [5.41, 5.74) is 2.36. The van der Waals surface area contributed by atoms with Gasteiger partial charge in [-0.3, -0.25) is 0 Å². The minimum atomic E-state index is 1.06. The zero-order valence-electron chi connectivity index (χ0n) is 5.54. The average molecular weight is 131 g/mol. The fraction of sp³-hybridized carbons (Fsp3) is 0.250. The van der Waals surface area contributed by atoms with Crippen LogP contribution in [0.15, 0.2) is 12.3 Å². The van der Waals surface area contributed by atoms with E-state index in [9.17, 15) is 0 Å². The first-order chi connectivity index (χ1) is 4.97. The van der Waals surface area contributed by atoms with E-state index in [0.717, 1.165) is 12.8 Å². The van der Waals surface area contributed by atoms with Crippen LogP contribution >= 0.6 is 0 Å². The number of hydrogen-bond donors (Lipinski definition) is 0. The first-order valence-electron chi connectivity index (χ1n) is 3.35. The number of aromatic nitrogens is 2. The molecule has 0 aromatic carbocycles. The molecule has 49 valence electrons. The zero-order chi connectivity index (χ0) is 6.81. The Morgan fingerprint density at radius 1 is 1.50 bits per heavy atom. The number of rotatable bonds is 0. The summed E-state index contributed by atoms with van der Waals surface area (Å²) in [4.78, 5) is 0. The highest BCUT2D eigenvalue weighted by Crippen LogP contribution is 2.15. The summed E-state index contributed by atoms with van der Waals surface area (Å²) in [6.45, 7) is 0. The normalized spacial score (nSPS) is 14.8. The Kier molecular flexibility index (Phi) is 1.24. The fourth-order valence-electron chi connectivity index (χ4n) is 1.10.